The molecular weight excluding hydrogens is 879 g/mol. The van der Waals surface area contributed by atoms with E-state index in [0.717, 1.165) is 48.7 Å². The SMILES string of the molecule is Cc1cc(=O)oc2cc3c(cc12)C(C)CC(C)(C)N3CCCC(=O)NCCCCCCNc1ncnc2c1ncn2[C@@H]1O[C@H](COP(=O)(O)OP(=O)(O)OP(=O)(O)O)[C@@H](O)[C@H]1O. The third-order valence-electron chi connectivity index (χ3n) is 10.7. The molecule has 0 aliphatic carbocycles. The monoisotopic (exact) mass is 931 g/mol. The number of hydrogen-bond donors (Lipinski definition) is 8. The number of carbonyl (C=O) groups is 1. The molecule has 1 saturated heterocycles. The topological polar surface area (TPSA) is 328 Å². The van der Waals surface area contributed by atoms with E-state index in [4.69, 9.17) is 18.9 Å². The molecule has 3 aromatic heterocycles. The number of aromatic nitrogens is 4. The van der Waals surface area contributed by atoms with Gasteiger partial charge in [0.1, 0.15) is 30.2 Å². The van der Waals surface area contributed by atoms with Gasteiger partial charge < -0.3 is 54.5 Å². The molecule has 62 heavy (non-hydrogen) atoms. The molecule has 1 amide bonds. The molecule has 1 fully saturated rings. The van der Waals surface area contributed by atoms with E-state index in [-0.39, 0.29) is 22.7 Å². The zero-order chi connectivity index (χ0) is 45.2. The summed E-state index contributed by atoms with van der Waals surface area (Å²) >= 11 is 0. The van der Waals surface area contributed by atoms with Crippen molar-refractivity contribution in [3.05, 3.63) is 52.4 Å². The second kappa shape index (κ2) is 19.2. The van der Waals surface area contributed by atoms with Crippen LogP contribution in [0.4, 0.5) is 11.5 Å². The van der Waals surface area contributed by atoms with Gasteiger partial charge in [0.05, 0.1) is 12.9 Å². The van der Waals surface area contributed by atoms with Crippen molar-refractivity contribution < 1.29 is 70.6 Å². The van der Waals surface area contributed by atoms with E-state index in [2.05, 4.69) is 70.5 Å². The van der Waals surface area contributed by atoms with E-state index in [1.165, 1.54) is 28.9 Å². The van der Waals surface area contributed by atoms with E-state index in [1.807, 2.05) is 13.0 Å². The molecule has 0 saturated carbocycles. The lowest BCUT2D eigenvalue weighted by Crippen LogP contribution is -2.49. The molecule has 1 aromatic carbocycles. The van der Waals surface area contributed by atoms with Crippen LogP contribution in [0.2, 0.25) is 0 Å². The number of fused-ring (bicyclic) bond motifs is 3. The Balaban J connectivity index is 0.910. The number of anilines is 2. The summed E-state index contributed by atoms with van der Waals surface area (Å²) in [6.07, 6.45) is 1.69. The van der Waals surface area contributed by atoms with Gasteiger partial charge in [0.25, 0.3) is 0 Å². The zero-order valence-electron chi connectivity index (χ0n) is 34.4. The number of imidazole rings is 1. The molecule has 8 N–H and O–H groups in total. The molecule has 2 aliphatic rings. The van der Waals surface area contributed by atoms with E-state index in [0.29, 0.717) is 55.3 Å². The maximum absolute atomic E-state index is 12.8. The van der Waals surface area contributed by atoms with Crippen LogP contribution in [0, 0.1) is 6.92 Å². The number of aryl methyl sites for hydroxylation is 1. The molecule has 4 aromatic rings. The number of aliphatic hydroxyl groups is 2. The van der Waals surface area contributed by atoms with Crippen molar-refractivity contribution in [3.63, 3.8) is 0 Å². The molecule has 0 spiro atoms. The molecule has 0 bridgehead atoms. The molecular formula is C36H52N7O16P3. The van der Waals surface area contributed by atoms with Crippen LogP contribution < -0.4 is 21.2 Å². The van der Waals surface area contributed by atoms with Crippen LogP contribution >= 0.6 is 23.5 Å². The number of phosphoric acid groups is 3. The Morgan fingerprint density at radius 2 is 1.68 bits per heavy atom. The van der Waals surface area contributed by atoms with Crippen molar-refractivity contribution in [1.29, 1.82) is 0 Å². The lowest BCUT2D eigenvalue weighted by atomic mass is 9.79. The summed E-state index contributed by atoms with van der Waals surface area (Å²) in [5.74, 6) is 0.705. The van der Waals surface area contributed by atoms with Gasteiger partial charge in [-0.1, -0.05) is 19.8 Å². The number of hydrogen-bond acceptors (Lipinski definition) is 17. The van der Waals surface area contributed by atoms with E-state index in [1.54, 1.807) is 0 Å². The first kappa shape index (κ1) is 47.8. The first-order valence-corrected chi connectivity index (χ1v) is 24.4. The average molecular weight is 932 g/mol. The molecule has 7 atom stereocenters. The summed E-state index contributed by atoms with van der Waals surface area (Å²) in [6, 6.07) is 5.63. The number of nitrogens with one attached hydrogen (secondary N) is 2. The molecule has 6 rings (SSSR count). The average Bonchev–Trinajstić information content (AvgIpc) is 3.71. The molecule has 26 heteroatoms. The smallest absolute Gasteiger partial charge is 0.423 e. The third kappa shape index (κ3) is 11.7. The fraction of sp³-hybridized carbons (Fsp3) is 0.583. The third-order valence-corrected chi connectivity index (χ3v) is 14.6. The van der Waals surface area contributed by atoms with Crippen molar-refractivity contribution in [2.75, 3.05) is 36.5 Å². The Hall–Kier alpha value is -3.66. The standard InChI is InChI=1S/C36H52N7O16P3/c1-21-14-29(45)56-26-16-25-23(15-24(21)26)22(2)17-36(3,4)43(25)13-9-10-28(44)37-11-7-5-6-8-12-38-33-30-34(40-19-39-33)42(20-41-30)35-32(47)31(46)27(57-35)18-55-61(51,52)59-62(53,54)58-60(48,49)50/h14-16,19-20,22,27,31-32,35,46-47H,5-13,17-18H2,1-4H3,(H,37,44)(H,51,52)(H,53,54)(H,38,39,40)(H2,48,49,50)/t22?,27-,31-,32-,35-/m1/s1. The molecule has 5 heterocycles. The van der Waals surface area contributed by atoms with Gasteiger partial charge in [-0.3, -0.25) is 13.9 Å². The molecule has 2 aliphatic heterocycles. The largest absolute Gasteiger partial charge is 0.490 e. The van der Waals surface area contributed by atoms with Gasteiger partial charge >= 0.3 is 29.1 Å². The highest BCUT2D eigenvalue weighted by molar-refractivity contribution is 7.66. The highest BCUT2D eigenvalue weighted by Crippen LogP contribution is 2.66. The van der Waals surface area contributed by atoms with Crippen LogP contribution in [0.1, 0.15) is 89.0 Å². The van der Waals surface area contributed by atoms with Crippen LogP contribution in [-0.4, -0.2) is 105 Å². The lowest BCUT2D eigenvalue weighted by molar-refractivity contribution is -0.121. The summed E-state index contributed by atoms with van der Waals surface area (Å²) in [5, 5.41) is 28.4. The fourth-order valence-corrected chi connectivity index (χ4v) is 11.0. The predicted octanol–water partition coefficient (Wildman–Crippen LogP) is 3.86. The summed E-state index contributed by atoms with van der Waals surface area (Å²) < 4.78 is 59.0. The number of phosphoric ester groups is 1. The Kier molecular flexibility index (Phi) is 14.8. The Bertz CT molecular complexity index is 2460. The van der Waals surface area contributed by atoms with Crippen LogP contribution in [0.25, 0.3) is 22.1 Å². The van der Waals surface area contributed by atoms with E-state index >= 15 is 0 Å². The maximum Gasteiger partial charge on any atom is 0.490 e. The number of nitrogens with zero attached hydrogens (tertiary/aromatic N) is 5. The number of unbranched alkanes of at least 4 members (excludes halogenated alkanes) is 3. The number of aliphatic hydroxyl groups excluding tert-OH is 2. The van der Waals surface area contributed by atoms with Gasteiger partial charge in [0, 0.05) is 54.8 Å². The second-order valence-corrected chi connectivity index (χ2v) is 20.4. The molecule has 3 unspecified atom stereocenters. The van der Waals surface area contributed by atoms with Gasteiger partial charge in [-0.15, -0.1) is 0 Å². The summed E-state index contributed by atoms with van der Waals surface area (Å²) in [4.78, 5) is 76.4. The van der Waals surface area contributed by atoms with Crippen molar-refractivity contribution >= 4 is 63.0 Å². The highest BCUT2D eigenvalue weighted by atomic mass is 31.3. The van der Waals surface area contributed by atoms with Crippen LogP contribution in [0.15, 0.2) is 40.1 Å². The minimum atomic E-state index is -5.76. The normalized spacial score (nSPS) is 23.3. The number of carbonyl (C=O) groups excluding carboxylic acids is 1. The van der Waals surface area contributed by atoms with Gasteiger partial charge in [-0.2, -0.15) is 8.62 Å². The molecule has 23 nitrogen and oxygen atoms in total. The van der Waals surface area contributed by atoms with Gasteiger partial charge in [-0.05, 0) is 69.6 Å². The second-order valence-electron chi connectivity index (χ2n) is 16.0. The zero-order valence-corrected chi connectivity index (χ0v) is 37.1. The first-order chi connectivity index (χ1) is 29.0. The minimum Gasteiger partial charge on any atom is -0.423 e. The number of benzene rings is 1. The fourth-order valence-electron chi connectivity index (χ4n) is 7.98. The van der Waals surface area contributed by atoms with Crippen molar-refractivity contribution in [2.24, 2.45) is 0 Å². The van der Waals surface area contributed by atoms with Crippen LogP contribution in [-0.2, 0) is 36.4 Å². The maximum atomic E-state index is 12.8. The number of amides is 1. The summed E-state index contributed by atoms with van der Waals surface area (Å²) in [7, 11) is -16.9. The Labute approximate surface area is 355 Å². The Morgan fingerprint density at radius 3 is 2.40 bits per heavy atom. The van der Waals surface area contributed by atoms with Crippen LogP contribution in [0.5, 0.6) is 0 Å². The lowest BCUT2D eigenvalue weighted by Gasteiger charge is -2.47. The first-order valence-electron chi connectivity index (χ1n) is 19.9. The summed E-state index contributed by atoms with van der Waals surface area (Å²) in [5.41, 5.74) is 3.71. The van der Waals surface area contributed by atoms with Gasteiger partial charge in [0.15, 0.2) is 23.2 Å². The van der Waals surface area contributed by atoms with E-state index in [9.17, 15) is 43.3 Å². The Morgan fingerprint density at radius 1 is 0.952 bits per heavy atom. The molecule has 342 valence electrons. The van der Waals surface area contributed by atoms with Crippen molar-refractivity contribution in [2.45, 2.75) is 109 Å². The van der Waals surface area contributed by atoms with Gasteiger partial charge in [0.2, 0.25) is 5.91 Å². The van der Waals surface area contributed by atoms with Crippen molar-refractivity contribution in [3.8, 4) is 0 Å². The summed E-state index contributed by atoms with van der Waals surface area (Å²) in [6.45, 7) is 9.33. The van der Waals surface area contributed by atoms with E-state index < -0.39 is 54.6 Å². The van der Waals surface area contributed by atoms with Crippen molar-refractivity contribution in [1.82, 2.24) is 24.8 Å². The highest BCUT2D eigenvalue weighted by Gasteiger charge is 2.47. The number of ether oxygens (including phenoxy) is 1. The predicted molar refractivity (Wildman–Crippen MR) is 222 cm³/mol. The quantitative estimate of drug-likeness (QED) is 0.0354. The minimum absolute atomic E-state index is 0.00819. The molecule has 0 radical (unpaired) electrons. The van der Waals surface area contributed by atoms with Crippen LogP contribution in [0.3, 0.4) is 0 Å². The van der Waals surface area contributed by atoms with Gasteiger partial charge in [-0.25, -0.2) is 33.4 Å². The number of rotatable bonds is 20.